The van der Waals surface area contributed by atoms with Crippen LogP contribution in [0.5, 0.6) is 11.5 Å². The molecule has 5 nitrogen and oxygen atoms in total. The minimum Gasteiger partial charge on any atom is -0.497 e. The number of amides is 1. The first-order chi connectivity index (χ1) is 12.0. The Bertz CT molecular complexity index is 744. The van der Waals surface area contributed by atoms with E-state index in [9.17, 15) is 9.59 Å². The number of halogens is 1. The van der Waals surface area contributed by atoms with Crippen molar-refractivity contribution in [1.82, 2.24) is 0 Å². The summed E-state index contributed by atoms with van der Waals surface area (Å²) in [4.78, 5) is 24.1. The molecule has 2 rings (SSSR count). The smallest absolute Gasteiger partial charge is 0.224 e. The maximum atomic E-state index is 12.1. The molecule has 0 atom stereocenters. The average molecular weight is 362 g/mol. The zero-order valence-electron chi connectivity index (χ0n) is 14.2. The Labute approximate surface area is 151 Å². The van der Waals surface area contributed by atoms with Gasteiger partial charge >= 0.3 is 0 Å². The molecule has 0 saturated heterocycles. The summed E-state index contributed by atoms with van der Waals surface area (Å²) < 4.78 is 10.1. The van der Waals surface area contributed by atoms with E-state index in [-0.39, 0.29) is 18.1 Å². The van der Waals surface area contributed by atoms with Gasteiger partial charge in [0.2, 0.25) is 5.91 Å². The lowest BCUT2D eigenvalue weighted by Gasteiger charge is -2.08. The number of carbonyl (C=O) groups is 2. The van der Waals surface area contributed by atoms with Crippen molar-refractivity contribution in [1.29, 1.82) is 0 Å². The third-order valence-electron chi connectivity index (χ3n) is 3.67. The summed E-state index contributed by atoms with van der Waals surface area (Å²) in [6, 6.07) is 12.0. The first-order valence-corrected chi connectivity index (χ1v) is 8.22. The number of methoxy groups -OCH3 is 2. The number of anilines is 1. The molecule has 1 amide bonds. The summed E-state index contributed by atoms with van der Waals surface area (Å²) in [6.07, 6.45) is 1.00. The maximum Gasteiger partial charge on any atom is 0.224 e. The lowest BCUT2D eigenvalue weighted by molar-refractivity contribution is -0.116. The molecule has 0 fully saturated rings. The number of ketones is 1. The molecule has 0 saturated carbocycles. The molecule has 0 radical (unpaired) electrons. The van der Waals surface area contributed by atoms with Crippen molar-refractivity contribution in [3.05, 3.63) is 53.1 Å². The Morgan fingerprint density at radius 3 is 2.20 bits per heavy atom. The van der Waals surface area contributed by atoms with Crippen molar-refractivity contribution >= 4 is 29.0 Å². The Hall–Kier alpha value is -2.53. The molecule has 0 heterocycles. The van der Waals surface area contributed by atoms with E-state index >= 15 is 0 Å². The second kappa shape index (κ2) is 9.08. The van der Waals surface area contributed by atoms with Gasteiger partial charge in [-0.3, -0.25) is 9.59 Å². The number of rotatable bonds is 8. The van der Waals surface area contributed by atoms with Crippen molar-refractivity contribution in [3.63, 3.8) is 0 Å². The highest BCUT2D eigenvalue weighted by Crippen LogP contribution is 2.26. The van der Waals surface area contributed by atoms with Gasteiger partial charge in [0.25, 0.3) is 0 Å². The number of benzene rings is 2. The normalized spacial score (nSPS) is 10.2. The highest BCUT2D eigenvalue weighted by atomic mass is 35.5. The zero-order valence-corrected chi connectivity index (χ0v) is 14.9. The molecule has 0 unspecified atom stereocenters. The van der Waals surface area contributed by atoms with Crippen LogP contribution < -0.4 is 14.8 Å². The summed E-state index contributed by atoms with van der Waals surface area (Å²) in [6.45, 7) is 0. The number of hydrogen-bond donors (Lipinski definition) is 1. The third kappa shape index (κ3) is 5.50. The second-order valence-electron chi connectivity index (χ2n) is 5.40. The molecular formula is C19H20ClNO4. The van der Waals surface area contributed by atoms with Crippen molar-refractivity contribution < 1.29 is 19.1 Å². The van der Waals surface area contributed by atoms with Crippen LogP contribution in [0, 0.1) is 0 Å². The third-order valence-corrected chi connectivity index (χ3v) is 3.98. The van der Waals surface area contributed by atoms with Crippen molar-refractivity contribution in [2.45, 2.75) is 19.3 Å². The standard InChI is InChI=1S/C19H20ClNO4/c1-24-14-8-6-13(7-9-14)18(22)4-3-5-19(23)21-17-11-10-15(25-2)12-16(17)20/h6-12H,3-5H2,1-2H3,(H,21,23). The Morgan fingerprint density at radius 2 is 1.60 bits per heavy atom. The molecule has 1 N–H and O–H groups in total. The van der Waals surface area contributed by atoms with Crippen LogP contribution in [0.15, 0.2) is 42.5 Å². The van der Waals surface area contributed by atoms with Gasteiger partial charge in [-0.25, -0.2) is 0 Å². The van der Waals surface area contributed by atoms with Crippen LogP contribution in [0.1, 0.15) is 29.6 Å². The highest BCUT2D eigenvalue weighted by molar-refractivity contribution is 6.33. The van der Waals surface area contributed by atoms with Gasteiger partial charge in [-0.2, -0.15) is 0 Å². The Kier molecular flexibility index (Phi) is 6.83. The van der Waals surface area contributed by atoms with Crippen LogP contribution in [0.2, 0.25) is 5.02 Å². The van der Waals surface area contributed by atoms with Gasteiger partial charge in [-0.1, -0.05) is 11.6 Å². The van der Waals surface area contributed by atoms with E-state index in [0.29, 0.717) is 40.6 Å². The first kappa shape index (κ1) is 18.8. The van der Waals surface area contributed by atoms with Crippen molar-refractivity contribution in [3.8, 4) is 11.5 Å². The predicted octanol–water partition coefficient (Wildman–Crippen LogP) is 4.35. The Morgan fingerprint density at radius 1 is 0.960 bits per heavy atom. The minimum atomic E-state index is -0.186. The fourth-order valence-electron chi connectivity index (χ4n) is 2.27. The number of carbonyl (C=O) groups excluding carboxylic acids is 2. The molecule has 0 aliphatic rings. The van der Waals surface area contributed by atoms with Gasteiger partial charge in [0, 0.05) is 24.5 Å². The number of ether oxygens (including phenoxy) is 2. The molecule has 0 bridgehead atoms. The van der Waals surface area contributed by atoms with Crippen LogP contribution in [0.25, 0.3) is 0 Å². The van der Waals surface area contributed by atoms with E-state index < -0.39 is 0 Å². The van der Waals surface area contributed by atoms with Crippen LogP contribution in [-0.4, -0.2) is 25.9 Å². The van der Waals surface area contributed by atoms with E-state index in [1.54, 1.807) is 56.7 Å². The lowest BCUT2D eigenvalue weighted by atomic mass is 10.1. The van der Waals surface area contributed by atoms with E-state index in [4.69, 9.17) is 21.1 Å². The first-order valence-electron chi connectivity index (χ1n) is 7.84. The summed E-state index contributed by atoms with van der Waals surface area (Å²) in [5, 5.41) is 3.14. The van der Waals surface area contributed by atoms with E-state index in [2.05, 4.69) is 5.32 Å². The Balaban J connectivity index is 1.80. The molecule has 0 aromatic heterocycles. The van der Waals surface area contributed by atoms with Crippen LogP contribution in [0.4, 0.5) is 5.69 Å². The number of nitrogens with one attached hydrogen (secondary N) is 1. The summed E-state index contributed by atoms with van der Waals surface area (Å²) >= 11 is 6.08. The average Bonchev–Trinajstić information content (AvgIpc) is 2.63. The number of Topliss-reactive ketones (excluding diaryl/α,β-unsaturated/α-hetero) is 1. The molecule has 25 heavy (non-hydrogen) atoms. The molecule has 2 aromatic rings. The predicted molar refractivity (Wildman–Crippen MR) is 97.8 cm³/mol. The highest BCUT2D eigenvalue weighted by Gasteiger charge is 2.10. The fraction of sp³-hybridized carbons (Fsp3) is 0.263. The quantitative estimate of drug-likeness (QED) is 0.710. The lowest BCUT2D eigenvalue weighted by Crippen LogP contribution is -2.12. The molecule has 0 aliphatic carbocycles. The van der Waals surface area contributed by atoms with Gasteiger partial charge in [0.05, 0.1) is 24.9 Å². The van der Waals surface area contributed by atoms with Gasteiger partial charge < -0.3 is 14.8 Å². The van der Waals surface area contributed by atoms with Gasteiger partial charge in [0.1, 0.15) is 11.5 Å². The topological polar surface area (TPSA) is 64.6 Å². The van der Waals surface area contributed by atoms with Crippen LogP contribution in [0.3, 0.4) is 0 Å². The SMILES string of the molecule is COc1ccc(C(=O)CCCC(=O)Nc2ccc(OC)cc2Cl)cc1. The van der Waals surface area contributed by atoms with E-state index in [1.165, 1.54) is 0 Å². The molecule has 6 heteroatoms. The fourth-order valence-corrected chi connectivity index (χ4v) is 2.49. The molecule has 0 spiro atoms. The van der Waals surface area contributed by atoms with Gasteiger partial charge in [-0.05, 0) is 42.8 Å². The molecule has 2 aromatic carbocycles. The van der Waals surface area contributed by atoms with Crippen molar-refractivity contribution in [2.24, 2.45) is 0 Å². The van der Waals surface area contributed by atoms with Crippen molar-refractivity contribution in [2.75, 3.05) is 19.5 Å². The summed E-state index contributed by atoms with van der Waals surface area (Å²) in [5.74, 6) is 1.13. The summed E-state index contributed by atoms with van der Waals surface area (Å²) in [5.41, 5.74) is 1.13. The second-order valence-corrected chi connectivity index (χ2v) is 5.81. The van der Waals surface area contributed by atoms with E-state index in [0.717, 1.165) is 0 Å². The summed E-state index contributed by atoms with van der Waals surface area (Å²) in [7, 11) is 3.12. The molecular weight excluding hydrogens is 342 g/mol. The van der Waals surface area contributed by atoms with Crippen LogP contribution in [-0.2, 0) is 4.79 Å². The zero-order chi connectivity index (χ0) is 18.2. The molecule has 0 aliphatic heterocycles. The van der Waals surface area contributed by atoms with Gasteiger partial charge in [-0.15, -0.1) is 0 Å². The van der Waals surface area contributed by atoms with Crippen LogP contribution >= 0.6 is 11.6 Å². The largest absolute Gasteiger partial charge is 0.497 e. The number of hydrogen-bond acceptors (Lipinski definition) is 4. The monoisotopic (exact) mass is 361 g/mol. The molecule has 132 valence electrons. The van der Waals surface area contributed by atoms with Gasteiger partial charge in [0.15, 0.2) is 5.78 Å². The van der Waals surface area contributed by atoms with E-state index in [1.807, 2.05) is 0 Å². The minimum absolute atomic E-state index is 0.00191. The maximum absolute atomic E-state index is 12.1.